The first-order valence-electron chi connectivity index (χ1n) is 5.86. The van der Waals surface area contributed by atoms with Gasteiger partial charge in [0.25, 0.3) is 0 Å². The molecule has 0 spiro atoms. The number of benzene rings is 2. The monoisotopic (exact) mass is 384 g/mol. The number of ether oxygens (including phenoxy) is 1. The molecule has 0 bridgehead atoms. The third kappa shape index (κ3) is 3.81. The van der Waals surface area contributed by atoms with Gasteiger partial charge in [-0.1, -0.05) is 44.0 Å². The number of hydrogen-bond acceptors (Lipinski definition) is 2. The van der Waals surface area contributed by atoms with Crippen LogP contribution in [-0.2, 0) is 6.42 Å². The average Bonchev–Trinajstić information content (AvgIpc) is 2.38. The summed E-state index contributed by atoms with van der Waals surface area (Å²) in [6.07, 6.45) is -0.0477. The van der Waals surface area contributed by atoms with E-state index in [0.29, 0.717) is 12.2 Å². The molecule has 0 aliphatic heterocycles. The van der Waals surface area contributed by atoms with Gasteiger partial charge in [-0.15, -0.1) is 0 Å². The van der Waals surface area contributed by atoms with Gasteiger partial charge in [0, 0.05) is 20.9 Å². The van der Waals surface area contributed by atoms with Crippen molar-refractivity contribution in [1.82, 2.24) is 0 Å². The minimum Gasteiger partial charge on any atom is -0.496 e. The number of methoxy groups -OCH3 is 1. The molecular weight excluding hydrogens is 372 g/mol. The Morgan fingerprint density at radius 2 is 1.84 bits per heavy atom. The summed E-state index contributed by atoms with van der Waals surface area (Å²) in [5.74, 6) is 0.700. The maximum atomic E-state index is 10.4. The third-order valence-corrected chi connectivity index (χ3v) is 3.86. The number of aliphatic hydroxyl groups is 1. The van der Waals surface area contributed by atoms with E-state index in [1.807, 2.05) is 42.5 Å². The Balaban J connectivity index is 2.24. The highest BCUT2D eigenvalue weighted by Crippen LogP contribution is 2.30. The van der Waals surface area contributed by atoms with Gasteiger partial charge in [-0.2, -0.15) is 0 Å². The molecule has 1 N–H and O–H groups in total. The van der Waals surface area contributed by atoms with Gasteiger partial charge in [0.05, 0.1) is 13.2 Å². The second kappa shape index (κ2) is 6.55. The van der Waals surface area contributed by atoms with E-state index in [-0.39, 0.29) is 0 Å². The summed E-state index contributed by atoms with van der Waals surface area (Å²) < 4.78 is 7.23. The maximum absolute atomic E-state index is 10.4. The first kappa shape index (κ1) is 14.6. The van der Waals surface area contributed by atoms with Crippen molar-refractivity contribution in [3.8, 4) is 5.75 Å². The quantitative estimate of drug-likeness (QED) is 0.839. The van der Waals surface area contributed by atoms with E-state index in [9.17, 15) is 5.11 Å². The van der Waals surface area contributed by atoms with Gasteiger partial charge in [0.2, 0.25) is 0 Å². The zero-order valence-corrected chi connectivity index (χ0v) is 13.6. The van der Waals surface area contributed by atoms with Crippen LogP contribution in [0.1, 0.15) is 17.2 Å². The molecule has 2 nitrogen and oxygen atoms in total. The minimum atomic E-state index is -0.596. The molecule has 2 aromatic carbocycles. The standard InChI is InChI=1S/C15H14Br2O2/c1-19-15-6-5-12(17)9-13(15)14(18)8-10-3-2-4-11(16)7-10/h2-7,9,14,18H,8H2,1H3. The van der Waals surface area contributed by atoms with Crippen LogP contribution in [0.15, 0.2) is 51.4 Å². The van der Waals surface area contributed by atoms with Gasteiger partial charge < -0.3 is 9.84 Å². The van der Waals surface area contributed by atoms with Crippen LogP contribution in [0.4, 0.5) is 0 Å². The predicted octanol–water partition coefficient (Wildman–Crippen LogP) is 4.50. The molecule has 0 heterocycles. The highest BCUT2D eigenvalue weighted by atomic mass is 79.9. The normalized spacial score (nSPS) is 12.2. The Hall–Kier alpha value is -0.840. The fourth-order valence-corrected chi connectivity index (χ4v) is 2.79. The van der Waals surface area contributed by atoms with Gasteiger partial charge in [-0.05, 0) is 35.9 Å². The molecule has 0 saturated heterocycles. The largest absolute Gasteiger partial charge is 0.496 e. The molecule has 0 radical (unpaired) electrons. The summed E-state index contributed by atoms with van der Waals surface area (Å²) in [6.45, 7) is 0. The Labute approximate surface area is 129 Å². The maximum Gasteiger partial charge on any atom is 0.124 e. The van der Waals surface area contributed by atoms with Crippen LogP contribution in [-0.4, -0.2) is 12.2 Å². The lowest BCUT2D eigenvalue weighted by atomic mass is 10.0. The predicted molar refractivity (Wildman–Crippen MR) is 83.5 cm³/mol. The third-order valence-electron chi connectivity index (χ3n) is 2.87. The van der Waals surface area contributed by atoms with Crippen molar-refractivity contribution in [1.29, 1.82) is 0 Å². The smallest absolute Gasteiger partial charge is 0.124 e. The van der Waals surface area contributed by atoms with Gasteiger partial charge in [0.1, 0.15) is 5.75 Å². The summed E-state index contributed by atoms with van der Waals surface area (Å²) >= 11 is 6.85. The van der Waals surface area contributed by atoms with Crippen LogP contribution in [0.5, 0.6) is 5.75 Å². The van der Waals surface area contributed by atoms with Crippen LogP contribution in [0.2, 0.25) is 0 Å². The molecule has 19 heavy (non-hydrogen) atoms. The Morgan fingerprint density at radius 1 is 1.11 bits per heavy atom. The first-order chi connectivity index (χ1) is 9.10. The van der Waals surface area contributed by atoms with E-state index in [4.69, 9.17) is 4.74 Å². The van der Waals surface area contributed by atoms with E-state index in [2.05, 4.69) is 31.9 Å². The fraction of sp³-hybridized carbons (Fsp3) is 0.200. The number of aliphatic hydroxyl groups excluding tert-OH is 1. The summed E-state index contributed by atoms with van der Waals surface area (Å²) in [4.78, 5) is 0. The molecule has 100 valence electrons. The second-order valence-electron chi connectivity index (χ2n) is 4.24. The molecule has 0 fully saturated rings. The Morgan fingerprint density at radius 3 is 2.53 bits per heavy atom. The molecule has 2 aromatic rings. The topological polar surface area (TPSA) is 29.5 Å². The zero-order chi connectivity index (χ0) is 13.8. The lowest BCUT2D eigenvalue weighted by molar-refractivity contribution is 0.174. The molecule has 0 aliphatic rings. The van der Waals surface area contributed by atoms with Crippen LogP contribution in [0.25, 0.3) is 0 Å². The van der Waals surface area contributed by atoms with Crippen molar-refractivity contribution < 1.29 is 9.84 Å². The summed E-state index contributed by atoms with van der Waals surface area (Å²) in [5.41, 5.74) is 1.86. The molecule has 1 atom stereocenters. The van der Waals surface area contributed by atoms with E-state index < -0.39 is 6.10 Å². The Bertz CT molecular complexity index is 570. The highest BCUT2D eigenvalue weighted by Gasteiger charge is 2.14. The number of halogens is 2. The molecule has 0 saturated carbocycles. The van der Waals surface area contributed by atoms with Crippen LogP contribution in [0, 0.1) is 0 Å². The second-order valence-corrected chi connectivity index (χ2v) is 6.07. The molecule has 1 unspecified atom stereocenters. The van der Waals surface area contributed by atoms with Crippen molar-refractivity contribution in [2.45, 2.75) is 12.5 Å². The lowest BCUT2D eigenvalue weighted by Gasteiger charge is -2.15. The van der Waals surface area contributed by atoms with E-state index in [1.54, 1.807) is 7.11 Å². The van der Waals surface area contributed by atoms with E-state index in [0.717, 1.165) is 20.1 Å². The van der Waals surface area contributed by atoms with Crippen LogP contribution < -0.4 is 4.74 Å². The number of hydrogen-bond donors (Lipinski definition) is 1. The van der Waals surface area contributed by atoms with Gasteiger partial charge in [0.15, 0.2) is 0 Å². The van der Waals surface area contributed by atoms with Crippen molar-refractivity contribution >= 4 is 31.9 Å². The van der Waals surface area contributed by atoms with Gasteiger partial charge >= 0.3 is 0 Å². The molecule has 2 rings (SSSR count). The van der Waals surface area contributed by atoms with Crippen molar-refractivity contribution in [3.63, 3.8) is 0 Å². The van der Waals surface area contributed by atoms with Crippen molar-refractivity contribution in [3.05, 3.63) is 62.5 Å². The molecule has 0 aromatic heterocycles. The SMILES string of the molecule is COc1ccc(Br)cc1C(O)Cc1cccc(Br)c1. The molecule has 0 aliphatic carbocycles. The van der Waals surface area contributed by atoms with Gasteiger partial charge in [-0.25, -0.2) is 0 Å². The van der Waals surface area contributed by atoms with Gasteiger partial charge in [-0.3, -0.25) is 0 Å². The fourth-order valence-electron chi connectivity index (χ4n) is 1.96. The lowest BCUT2D eigenvalue weighted by Crippen LogP contribution is -2.04. The van der Waals surface area contributed by atoms with E-state index in [1.165, 1.54) is 0 Å². The highest BCUT2D eigenvalue weighted by molar-refractivity contribution is 9.10. The summed E-state index contributed by atoms with van der Waals surface area (Å²) in [7, 11) is 1.61. The first-order valence-corrected chi connectivity index (χ1v) is 7.44. The summed E-state index contributed by atoms with van der Waals surface area (Å²) in [5, 5.41) is 10.4. The van der Waals surface area contributed by atoms with Crippen molar-refractivity contribution in [2.75, 3.05) is 7.11 Å². The average molecular weight is 386 g/mol. The zero-order valence-electron chi connectivity index (χ0n) is 10.4. The molecule has 0 amide bonds. The summed E-state index contributed by atoms with van der Waals surface area (Å²) in [6, 6.07) is 13.6. The van der Waals surface area contributed by atoms with Crippen molar-refractivity contribution in [2.24, 2.45) is 0 Å². The Kier molecular flexibility index (Phi) is 5.02. The molecular formula is C15H14Br2O2. The minimum absolute atomic E-state index is 0.548. The number of rotatable bonds is 4. The molecule has 4 heteroatoms. The van der Waals surface area contributed by atoms with Crippen LogP contribution in [0.3, 0.4) is 0 Å². The van der Waals surface area contributed by atoms with E-state index >= 15 is 0 Å². The van der Waals surface area contributed by atoms with Crippen LogP contribution >= 0.6 is 31.9 Å².